The largest absolute Gasteiger partial charge is 0.480 e. The lowest BCUT2D eigenvalue weighted by Gasteiger charge is -2.14. The molecule has 0 spiro atoms. The third kappa shape index (κ3) is 2.89. The molecule has 1 rings (SSSR count). The van der Waals surface area contributed by atoms with Gasteiger partial charge in [-0.15, -0.1) is 0 Å². The van der Waals surface area contributed by atoms with E-state index < -0.39 is 22.0 Å². The maximum atomic E-state index is 11.8. The summed E-state index contributed by atoms with van der Waals surface area (Å²) in [5, 5.41) is 7.67. The fourth-order valence-electron chi connectivity index (χ4n) is 1.26. The highest BCUT2D eigenvalue weighted by atomic mass is 32.2. The number of benzene rings is 1. The number of carbonyl (C=O) groups is 1. The van der Waals surface area contributed by atoms with Crippen molar-refractivity contribution in [3.63, 3.8) is 0 Å². The molecule has 1 aromatic carbocycles. The Hall–Kier alpha value is -1.16. The zero-order valence-corrected chi connectivity index (χ0v) is 9.53. The van der Waals surface area contributed by atoms with Crippen LogP contribution in [0.2, 0.25) is 0 Å². The first-order valence-electron chi connectivity index (χ1n) is 4.71. The maximum Gasteiger partial charge on any atom is 0.318 e. The smallest absolute Gasteiger partial charge is 0.318 e. The molecule has 3 atom stereocenters. The van der Waals surface area contributed by atoms with E-state index in [4.69, 9.17) is 5.11 Å². The quantitative estimate of drug-likeness (QED) is 0.854. The highest BCUT2D eigenvalue weighted by Gasteiger charge is 2.24. The van der Waals surface area contributed by atoms with E-state index in [2.05, 4.69) is 0 Å². The molecule has 0 amide bonds. The van der Waals surface area contributed by atoms with Crippen molar-refractivity contribution < 1.29 is 14.1 Å². The number of rotatable bonds is 4. The lowest BCUT2D eigenvalue weighted by atomic mass is 10.2. The number of hydrogen-bond acceptors (Lipinski definition) is 2. The summed E-state index contributed by atoms with van der Waals surface area (Å²) < 4.78 is 11.8. The summed E-state index contributed by atoms with van der Waals surface area (Å²) in [7, 11) is -1.39. The molecular formula is C11H14O3S. The molecular weight excluding hydrogens is 212 g/mol. The SMILES string of the molecule is CC(C(=O)O)S(=O)C(C)c1ccccc1. The fraction of sp³-hybridized carbons (Fsp3) is 0.364. The van der Waals surface area contributed by atoms with Crippen LogP contribution in [0.1, 0.15) is 24.7 Å². The standard InChI is InChI=1S/C11H14O3S/c1-8(10-6-4-3-5-7-10)15(14)9(2)11(12)13/h3-9H,1-2H3,(H,12,13). The molecule has 0 aromatic heterocycles. The molecule has 0 fully saturated rings. The molecule has 3 nitrogen and oxygen atoms in total. The molecule has 0 saturated heterocycles. The van der Waals surface area contributed by atoms with E-state index in [1.807, 2.05) is 30.3 Å². The van der Waals surface area contributed by atoms with Gasteiger partial charge < -0.3 is 5.11 Å². The van der Waals surface area contributed by atoms with Crippen molar-refractivity contribution in [2.24, 2.45) is 0 Å². The van der Waals surface area contributed by atoms with Crippen LogP contribution in [-0.2, 0) is 15.6 Å². The summed E-state index contributed by atoms with van der Waals surface area (Å²) in [5.74, 6) is -1.02. The van der Waals surface area contributed by atoms with Crippen molar-refractivity contribution >= 4 is 16.8 Å². The number of aliphatic carboxylic acids is 1. The molecule has 1 N–H and O–H groups in total. The predicted molar refractivity (Wildman–Crippen MR) is 60.1 cm³/mol. The van der Waals surface area contributed by atoms with Gasteiger partial charge in [0.15, 0.2) is 0 Å². The Bertz CT molecular complexity index is 361. The van der Waals surface area contributed by atoms with Gasteiger partial charge in [0, 0.05) is 10.8 Å². The zero-order chi connectivity index (χ0) is 11.4. The minimum atomic E-state index is -1.39. The van der Waals surface area contributed by atoms with E-state index in [1.165, 1.54) is 6.92 Å². The van der Waals surface area contributed by atoms with E-state index in [1.54, 1.807) is 6.92 Å². The fourth-order valence-corrected chi connectivity index (χ4v) is 2.50. The van der Waals surface area contributed by atoms with E-state index in [0.29, 0.717) is 0 Å². The molecule has 0 heterocycles. The van der Waals surface area contributed by atoms with Gasteiger partial charge in [-0.05, 0) is 19.4 Å². The molecule has 0 aliphatic carbocycles. The van der Waals surface area contributed by atoms with Crippen molar-refractivity contribution in [3.05, 3.63) is 35.9 Å². The van der Waals surface area contributed by atoms with E-state index in [9.17, 15) is 9.00 Å². The van der Waals surface area contributed by atoms with Gasteiger partial charge in [-0.3, -0.25) is 9.00 Å². The van der Waals surface area contributed by atoms with Crippen LogP contribution < -0.4 is 0 Å². The van der Waals surface area contributed by atoms with Gasteiger partial charge in [0.25, 0.3) is 0 Å². The Labute approximate surface area is 91.6 Å². The lowest BCUT2D eigenvalue weighted by molar-refractivity contribution is -0.136. The van der Waals surface area contributed by atoms with Crippen LogP contribution in [0.5, 0.6) is 0 Å². The Kier molecular flexibility index (Phi) is 4.03. The first-order valence-corrected chi connectivity index (χ1v) is 5.98. The highest BCUT2D eigenvalue weighted by Crippen LogP contribution is 2.21. The molecule has 0 radical (unpaired) electrons. The van der Waals surface area contributed by atoms with Gasteiger partial charge in [0.2, 0.25) is 0 Å². The van der Waals surface area contributed by atoms with Gasteiger partial charge >= 0.3 is 5.97 Å². The van der Waals surface area contributed by atoms with Crippen molar-refractivity contribution in [3.8, 4) is 0 Å². The van der Waals surface area contributed by atoms with Gasteiger partial charge in [-0.2, -0.15) is 0 Å². The van der Waals surface area contributed by atoms with Crippen LogP contribution in [0.25, 0.3) is 0 Å². The number of carboxylic acids is 1. The Morgan fingerprint density at radius 3 is 2.27 bits per heavy atom. The molecule has 0 bridgehead atoms. The normalized spacial score (nSPS) is 16.7. The third-order valence-electron chi connectivity index (χ3n) is 2.31. The van der Waals surface area contributed by atoms with Crippen LogP contribution in [-0.4, -0.2) is 20.5 Å². The van der Waals surface area contributed by atoms with Crippen LogP contribution in [0.3, 0.4) is 0 Å². The van der Waals surface area contributed by atoms with Gasteiger partial charge in [0.05, 0.1) is 5.25 Å². The number of carboxylic acid groups (broad SMARTS) is 1. The molecule has 0 aliphatic heterocycles. The van der Waals surface area contributed by atoms with Crippen LogP contribution in [0.4, 0.5) is 0 Å². The van der Waals surface area contributed by atoms with E-state index >= 15 is 0 Å². The second-order valence-electron chi connectivity index (χ2n) is 3.36. The summed E-state index contributed by atoms with van der Waals surface area (Å²) in [6.45, 7) is 3.25. The third-order valence-corrected chi connectivity index (χ3v) is 4.18. The second kappa shape index (κ2) is 5.07. The van der Waals surface area contributed by atoms with Crippen molar-refractivity contribution in [2.45, 2.75) is 24.3 Å². The molecule has 0 aliphatic rings. The molecule has 82 valence electrons. The van der Waals surface area contributed by atoms with Crippen molar-refractivity contribution in [1.82, 2.24) is 0 Å². The first-order chi connectivity index (χ1) is 7.04. The molecule has 15 heavy (non-hydrogen) atoms. The van der Waals surface area contributed by atoms with Crippen LogP contribution in [0, 0.1) is 0 Å². The Balaban J connectivity index is 2.82. The summed E-state index contributed by atoms with van der Waals surface area (Å²) in [5.41, 5.74) is 0.906. The maximum absolute atomic E-state index is 11.8. The van der Waals surface area contributed by atoms with Crippen LogP contribution >= 0.6 is 0 Å². The first kappa shape index (κ1) is 11.9. The summed E-state index contributed by atoms with van der Waals surface area (Å²) in [4.78, 5) is 10.7. The minimum absolute atomic E-state index is 0.253. The average Bonchev–Trinajstić information content (AvgIpc) is 2.27. The zero-order valence-electron chi connectivity index (χ0n) is 8.71. The Morgan fingerprint density at radius 2 is 1.80 bits per heavy atom. The van der Waals surface area contributed by atoms with Gasteiger partial charge in [0.1, 0.15) is 5.25 Å². The molecule has 3 unspecified atom stereocenters. The molecule has 4 heteroatoms. The molecule has 0 saturated carbocycles. The van der Waals surface area contributed by atoms with Crippen molar-refractivity contribution in [2.75, 3.05) is 0 Å². The highest BCUT2D eigenvalue weighted by molar-refractivity contribution is 7.86. The minimum Gasteiger partial charge on any atom is -0.480 e. The average molecular weight is 226 g/mol. The predicted octanol–water partition coefficient (Wildman–Crippen LogP) is 1.97. The topological polar surface area (TPSA) is 54.4 Å². The monoisotopic (exact) mass is 226 g/mol. The summed E-state index contributed by atoms with van der Waals surface area (Å²) in [6, 6.07) is 9.30. The summed E-state index contributed by atoms with van der Waals surface area (Å²) in [6.07, 6.45) is 0. The van der Waals surface area contributed by atoms with Gasteiger partial charge in [-0.1, -0.05) is 30.3 Å². The lowest BCUT2D eigenvalue weighted by Crippen LogP contribution is -2.24. The number of hydrogen-bond donors (Lipinski definition) is 1. The molecule has 1 aromatic rings. The second-order valence-corrected chi connectivity index (χ2v) is 5.43. The van der Waals surface area contributed by atoms with Crippen molar-refractivity contribution in [1.29, 1.82) is 0 Å². The van der Waals surface area contributed by atoms with Gasteiger partial charge in [-0.25, -0.2) is 0 Å². The van der Waals surface area contributed by atoms with E-state index in [0.717, 1.165) is 5.56 Å². The summed E-state index contributed by atoms with van der Waals surface area (Å²) >= 11 is 0. The van der Waals surface area contributed by atoms with Crippen LogP contribution in [0.15, 0.2) is 30.3 Å². The Morgan fingerprint density at radius 1 is 1.27 bits per heavy atom. The van der Waals surface area contributed by atoms with E-state index in [-0.39, 0.29) is 5.25 Å².